The number of allylic oxidation sites excluding steroid dienone is 1. The molecule has 0 unspecified atom stereocenters. The molecule has 2 heteroatoms. The largest absolute Gasteiger partial charge is 0.326 e. The zero-order valence-corrected chi connectivity index (χ0v) is 14.1. The van der Waals surface area contributed by atoms with E-state index >= 15 is 0 Å². The second-order valence-electron chi connectivity index (χ2n) is 5.80. The predicted molar refractivity (Wildman–Crippen MR) is 104 cm³/mol. The molecule has 0 aliphatic carbocycles. The molecule has 2 nitrogen and oxygen atoms in total. The van der Waals surface area contributed by atoms with Crippen molar-refractivity contribution in [3.63, 3.8) is 0 Å². The number of hydrogen-bond acceptors (Lipinski definition) is 1. The first-order valence-corrected chi connectivity index (χ1v) is 8.49. The Morgan fingerprint density at radius 2 is 1.20 bits per heavy atom. The van der Waals surface area contributed by atoms with Crippen molar-refractivity contribution in [1.29, 1.82) is 0 Å². The van der Waals surface area contributed by atoms with E-state index < -0.39 is 0 Å². The van der Waals surface area contributed by atoms with Gasteiger partial charge in [0.1, 0.15) is 0 Å². The van der Waals surface area contributed by atoms with Gasteiger partial charge in [-0.1, -0.05) is 84.9 Å². The summed E-state index contributed by atoms with van der Waals surface area (Å²) in [5.41, 5.74) is 4.32. The first-order chi connectivity index (χ1) is 12.3. The van der Waals surface area contributed by atoms with Crippen molar-refractivity contribution in [3.05, 3.63) is 108 Å². The summed E-state index contributed by atoms with van der Waals surface area (Å²) in [5, 5.41) is 2.93. The predicted octanol–water partition coefficient (Wildman–Crippen LogP) is 5.54. The molecule has 3 aromatic carbocycles. The SMILES string of the molecule is O=C(CCC=C(c1ccccc1)c1ccccc1)Nc1ccccc1. The third-order valence-electron chi connectivity index (χ3n) is 3.95. The number of rotatable bonds is 6. The highest BCUT2D eigenvalue weighted by molar-refractivity contribution is 5.91. The molecule has 0 heterocycles. The molecule has 0 saturated heterocycles. The number of anilines is 1. The van der Waals surface area contributed by atoms with Crippen LogP contribution in [0, 0.1) is 0 Å². The van der Waals surface area contributed by atoms with Gasteiger partial charge >= 0.3 is 0 Å². The van der Waals surface area contributed by atoms with Crippen LogP contribution in [0.15, 0.2) is 97.1 Å². The maximum absolute atomic E-state index is 12.1. The summed E-state index contributed by atoms with van der Waals surface area (Å²) >= 11 is 0. The van der Waals surface area contributed by atoms with Gasteiger partial charge in [-0.25, -0.2) is 0 Å². The Kier molecular flexibility index (Phi) is 5.78. The molecule has 0 aromatic heterocycles. The number of amides is 1. The molecule has 0 saturated carbocycles. The number of benzene rings is 3. The van der Waals surface area contributed by atoms with Crippen molar-refractivity contribution in [2.45, 2.75) is 12.8 Å². The van der Waals surface area contributed by atoms with E-state index in [1.165, 1.54) is 0 Å². The Labute approximate surface area is 148 Å². The summed E-state index contributed by atoms with van der Waals surface area (Å²) in [7, 11) is 0. The lowest BCUT2D eigenvalue weighted by Gasteiger charge is -2.09. The van der Waals surface area contributed by atoms with Crippen molar-refractivity contribution in [2.24, 2.45) is 0 Å². The summed E-state index contributed by atoms with van der Waals surface area (Å²) in [6, 6.07) is 30.1. The van der Waals surface area contributed by atoms with E-state index in [1.54, 1.807) is 0 Å². The van der Waals surface area contributed by atoms with Gasteiger partial charge in [0.05, 0.1) is 0 Å². The van der Waals surface area contributed by atoms with Crippen LogP contribution in [0.1, 0.15) is 24.0 Å². The van der Waals surface area contributed by atoms with Gasteiger partial charge in [-0.05, 0) is 35.3 Å². The Hall–Kier alpha value is -3.13. The van der Waals surface area contributed by atoms with Crippen molar-refractivity contribution in [1.82, 2.24) is 0 Å². The van der Waals surface area contributed by atoms with E-state index in [9.17, 15) is 4.79 Å². The normalized spacial score (nSPS) is 10.1. The van der Waals surface area contributed by atoms with Gasteiger partial charge in [0.2, 0.25) is 5.91 Å². The Bertz CT molecular complexity index is 782. The van der Waals surface area contributed by atoms with Gasteiger partial charge in [0.15, 0.2) is 0 Å². The zero-order valence-electron chi connectivity index (χ0n) is 14.1. The van der Waals surface area contributed by atoms with E-state index in [-0.39, 0.29) is 5.91 Å². The molecule has 3 aromatic rings. The van der Waals surface area contributed by atoms with E-state index in [4.69, 9.17) is 0 Å². The fourth-order valence-electron chi connectivity index (χ4n) is 2.73. The van der Waals surface area contributed by atoms with Crippen molar-refractivity contribution >= 4 is 17.2 Å². The Balaban J connectivity index is 1.70. The van der Waals surface area contributed by atoms with Crippen molar-refractivity contribution < 1.29 is 4.79 Å². The molecule has 3 rings (SSSR count). The Morgan fingerprint density at radius 3 is 1.72 bits per heavy atom. The fraction of sp³-hybridized carbons (Fsp3) is 0.0870. The molecule has 0 spiro atoms. The summed E-state index contributed by atoms with van der Waals surface area (Å²) < 4.78 is 0. The average Bonchev–Trinajstić information content (AvgIpc) is 2.67. The van der Waals surface area contributed by atoms with Crippen LogP contribution in [0.4, 0.5) is 5.69 Å². The van der Waals surface area contributed by atoms with Crippen LogP contribution in [0.3, 0.4) is 0 Å². The lowest BCUT2D eigenvalue weighted by molar-refractivity contribution is -0.116. The Morgan fingerprint density at radius 1 is 0.720 bits per heavy atom. The van der Waals surface area contributed by atoms with Crippen LogP contribution in [0.5, 0.6) is 0 Å². The molecule has 0 bridgehead atoms. The molecule has 0 aliphatic rings. The van der Waals surface area contributed by atoms with E-state index in [1.807, 2.05) is 66.7 Å². The first kappa shape index (κ1) is 16.7. The third kappa shape index (κ3) is 4.92. The van der Waals surface area contributed by atoms with Gasteiger partial charge in [-0.15, -0.1) is 0 Å². The molecular formula is C23H21NO. The molecule has 1 N–H and O–H groups in total. The van der Waals surface area contributed by atoms with Crippen molar-refractivity contribution in [3.8, 4) is 0 Å². The molecule has 0 atom stereocenters. The van der Waals surface area contributed by atoms with Gasteiger partial charge in [-0.2, -0.15) is 0 Å². The second kappa shape index (κ2) is 8.65. The maximum atomic E-state index is 12.1. The van der Waals surface area contributed by atoms with Crippen LogP contribution in [-0.2, 0) is 4.79 Å². The topological polar surface area (TPSA) is 29.1 Å². The first-order valence-electron chi connectivity index (χ1n) is 8.49. The van der Waals surface area contributed by atoms with Crippen molar-refractivity contribution in [2.75, 3.05) is 5.32 Å². The van der Waals surface area contributed by atoms with Crippen LogP contribution < -0.4 is 5.32 Å². The van der Waals surface area contributed by atoms with Gasteiger partial charge in [-0.3, -0.25) is 4.79 Å². The second-order valence-corrected chi connectivity index (χ2v) is 5.80. The minimum Gasteiger partial charge on any atom is -0.326 e. The van der Waals surface area contributed by atoms with Crippen LogP contribution in [0.2, 0.25) is 0 Å². The highest BCUT2D eigenvalue weighted by atomic mass is 16.1. The van der Waals surface area contributed by atoms with E-state index in [0.717, 1.165) is 22.4 Å². The smallest absolute Gasteiger partial charge is 0.224 e. The van der Waals surface area contributed by atoms with Gasteiger partial charge < -0.3 is 5.32 Å². The zero-order chi connectivity index (χ0) is 17.3. The molecule has 0 fully saturated rings. The highest BCUT2D eigenvalue weighted by Gasteiger charge is 2.05. The molecule has 124 valence electrons. The number of nitrogens with one attached hydrogen (secondary N) is 1. The lowest BCUT2D eigenvalue weighted by atomic mass is 9.96. The molecule has 0 aliphatic heterocycles. The maximum Gasteiger partial charge on any atom is 0.224 e. The summed E-state index contributed by atoms with van der Waals surface area (Å²) in [4.78, 5) is 12.1. The monoisotopic (exact) mass is 327 g/mol. The van der Waals surface area contributed by atoms with E-state index in [2.05, 4.69) is 35.7 Å². The minimum absolute atomic E-state index is 0.0305. The lowest BCUT2D eigenvalue weighted by Crippen LogP contribution is -2.10. The molecule has 0 radical (unpaired) electrons. The van der Waals surface area contributed by atoms with Crippen LogP contribution in [0.25, 0.3) is 5.57 Å². The highest BCUT2D eigenvalue weighted by Crippen LogP contribution is 2.24. The number of hydrogen-bond donors (Lipinski definition) is 1. The minimum atomic E-state index is 0.0305. The van der Waals surface area contributed by atoms with E-state index in [0.29, 0.717) is 12.8 Å². The summed E-state index contributed by atoms with van der Waals surface area (Å²) in [6.07, 6.45) is 3.30. The number of carbonyl (C=O) groups is 1. The fourth-order valence-corrected chi connectivity index (χ4v) is 2.73. The van der Waals surface area contributed by atoms with Crippen LogP contribution in [-0.4, -0.2) is 5.91 Å². The number of carbonyl (C=O) groups excluding carboxylic acids is 1. The summed E-state index contributed by atoms with van der Waals surface area (Å²) in [5.74, 6) is 0.0305. The number of para-hydroxylation sites is 1. The standard InChI is InChI=1S/C23H21NO/c25-23(24-21-15-8-3-9-16-21)18-10-17-22(19-11-4-1-5-12-19)20-13-6-2-7-14-20/h1-9,11-17H,10,18H2,(H,24,25). The average molecular weight is 327 g/mol. The third-order valence-corrected chi connectivity index (χ3v) is 3.95. The molecular weight excluding hydrogens is 306 g/mol. The van der Waals surface area contributed by atoms with Crippen LogP contribution >= 0.6 is 0 Å². The molecule has 25 heavy (non-hydrogen) atoms. The quantitative estimate of drug-likeness (QED) is 0.633. The summed E-state index contributed by atoms with van der Waals surface area (Å²) in [6.45, 7) is 0. The van der Waals surface area contributed by atoms with Gasteiger partial charge in [0, 0.05) is 12.1 Å². The van der Waals surface area contributed by atoms with Gasteiger partial charge in [0.25, 0.3) is 0 Å². The molecule has 1 amide bonds.